The van der Waals surface area contributed by atoms with E-state index < -0.39 is 0 Å². The van der Waals surface area contributed by atoms with Gasteiger partial charge in [0, 0.05) is 35.4 Å². The topological polar surface area (TPSA) is 40.7 Å². The molecule has 0 saturated carbocycles. The van der Waals surface area contributed by atoms with Crippen LogP contribution in [0.1, 0.15) is 24.1 Å². The minimum atomic E-state index is 0.199. The monoisotopic (exact) mass is 285 g/mol. The van der Waals surface area contributed by atoms with Crippen LogP contribution in [0, 0.1) is 0 Å². The first-order valence-corrected chi connectivity index (χ1v) is 7.02. The van der Waals surface area contributed by atoms with Crippen LogP contribution in [0.3, 0.4) is 0 Å². The average Bonchev–Trinajstić information content (AvgIpc) is 2.88. The van der Waals surface area contributed by atoms with Crippen molar-refractivity contribution in [1.82, 2.24) is 15.3 Å². The molecule has 1 atom stereocenters. The van der Waals surface area contributed by atoms with Crippen LogP contribution in [0.15, 0.2) is 48.8 Å². The van der Waals surface area contributed by atoms with Crippen molar-refractivity contribution in [3.05, 3.63) is 64.9 Å². The number of aromatic amines is 1. The molecule has 0 aliphatic rings. The van der Waals surface area contributed by atoms with Gasteiger partial charge in [-0.15, -0.1) is 0 Å². The Morgan fingerprint density at radius 1 is 1.25 bits per heavy atom. The van der Waals surface area contributed by atoms with Crippen LogP contribution in [-0.2, 0) is 6.54 Å². The Hall–Kier alpha value is -1.84. The zero-order valence-corrected chi connectivity index (χ0v) is 12.0. The normalized spacial score (nSPS) is 12.7. The predicted octanol–water partition coefficient (Wildman–Crippen LogP) is 4.07. The van der Waals surface area contributed by atoms with E-state index in [1.54, 1.807) is 6.20 Å². The highest BCUT2D eigenvalue weighted by molar-refractivity contribution is 6.31. The van der Waals surface area contributed by atoms with E-state index in [-0.39, 0.29) is 6.04 Å². The van der Waals surface area contributed by atoms with E-state index >= 15 is 0 Å². The molecular formula is C16H16ClN3. The summed E-state index contributed by atoms with van der Waals surface area (Å²) in [6, 6.07) is 12.2. The van der Waals surface area contributed by atoms with E-state index in [2.05, 4.69) is 34.3 Å². The number of hydrogen-bond donors (Lipinski definition) is 2. The fraction of sp³-hybridized carbons (Fsp3) is 0.188. The third-order valence-corrected chi connectivity index (χ3v) is 3.85. The van der Waals surface area contributed by atoms with Crippen LogP contribution in [0.4, 0.5) is 0 Å². The van der Waals surface area contributed by atoms with Gasteiger partial charge in [0.05, 0.1) is 0 Å². The van der Waals surface area contributed by atoms with Crippen LogP contribution < -0.4 is 5.32 Å². The second-order valence-corrected chi connectivity index (χ2v) is 5.24. The van der Waals surface area contributed by atoms with Crippen molar-refractivity contribution >= 4 is 22.6 Å². The lowest BCUT2D eigenvalue weighted by molar-refractivity contribution is 0.576. The number of nitrogens with zero attached hydrogens (tertiary/aromatic N) is 1. The van der Waals surface area contributed by atoms with Crippen LogP contribution >= 0.6 is 11.6 Å². The molecule has 2 N–H and O–H groups in total. The lowest BCUT2D eigenvalue weighted by atomic mass is 10.1. The zero-order valence-electron chi connectivity index (χ0n) is 11.2. The van der Waals surface area contributed by atoms with Crippen molar-refractivity contribution in [2.24, 2.45) is 0 Å². The van der Waals surface area contributed by atoms with Gasteiger partial charge in [-0.25, -0.2) is 4.98 Å². The largest absolute Gasteiger partial charge is 0.346 e. The molecule has 20 heavy (non-hydrogen) atoms. The minimum Gasteiger partial charge on any atom is -0.346 e. The van der Waals surface area contributed by atoms with Crippen molar-refractivity contribution in [3.63, 3.8) is 0 Å². The molecule has 102 valence electrons. The molecule has 4 heteroatoms. The first kappa shape index (κ1) is 13.2. The molecule has 0 amide bonds. The molecule has 0 aliphatic carbocycles. The van der Waals surface area contributed by atoms with Crippen LogP contribution in [0.25, 0.3) is 11.0 Å². The van der Waals surface area contributed by atoms with E-state index in [9.17, 15) is 0 Å². The number of H-pyrrole nitrogens is 1. The van der Waals surface area contributed by atoms with Crippen molar-refractivity contribution in [2.45, 2.75) is 19.5 Å². The summed E-state index contributed by atoms with van der Waals surface area (Å²) in [7, 11) is 0. The van der Waals surface area contributed by atoms with Gasteiger partial charge in [0.1, 0.15) is 5.65 Å². The summed E-state index contributed by atoms with van der Waals surface area (Å²) in [6.45, 7) is 2.90. The lowest BCUT2D eigenvalue weighted by Gasteiger charge is -2.15. The second-order valence-electron chi connectivity index (χ2n) is 4.84. The van der Waals surface area contributed by atoms with Crippen LogP contribution in [0.2, 0.25) is 5.02 Å². The molecule has 3 aromatic rings. The molecule has 1 aromatic carbocycles. The molecule has 0 radical (unpaired) electrons. The van der Waals surface area contributed by atoms with E-state index in [1.165, 1.54) is 5.56 Å². The van der Waals surface area contributed by atoms with E-state index in [0.29, 0.717) is 0 Å². The van der Waals surface area contributed by atoms with Gasteiger partial charge in [0.15, 0.2) is 0 Å². The standard InChI is InChI=1S/C16H16ClN3/c1-11(13-5-2-3-7-15(13)17)19-9-12-10-20-16-14(12)6-4-8-18-16/h2-8,10-11,19H,9H2,1H3,(H,18,20). The van der Waals surface area contributed by atoms with Gasteiger partial charge in [0.2, 0.25) is 0 Å². The Morgan fingerprint density at radius 3 is 2.95 bits per heavy atom. The third-order valence-electron chi connectivity index (χ3n) is 3.51. The summed E-state index contributed by atoms with van der Waals surface area (Å²) in [5.41, 5.74) is 3.26. The number of fused-ring (bicyclic) bond motifs is 1. The molecule has 1 unspecified atom stereocenters. The highest BCUT2D eigenvalue weighted by Gasteiger charge is 2.10. The maximum absolute atomic E-state index is 6.22. The Bertz CT molecular complexity index is 720. The maximum Gasteiger partial charge on any atom is 0.137 e. The molecule has 3 rings (SSSR count). The second kappa shape index (κ2) is 5.65. The highest BCUT2D eigenvalue weighted by atomic mass is 35.5. The van der Waals surface area contributed by atoms with Gasteiger partial charge in [-0.05, 0) is 36.2 Å². The first-order valence-electron chi connectivity index (χ1n) is 6.64. The number of benzene rings is 1. The van der Waals surface area contributed by atoms with Crippen molar-refractivity contribution in [1.29, 1.82) is 0 Å². The minimum absolute atomic E-state index is 0.199. The Morgan fingerprint density at radius 2 is 2.10 bits per heavy atom. The maximum atomic E-state index is 6.22. The smallest absolute Gasteiger partial charge is 0.137 e. The molecule has 0 spiro atoms. The average molecular weight is 286 g/mol. The Kier molecular flexibility index (Phi) is 3.72. The van der Waals surface area contributed by atoms with Crippen molar-refractivity contribution < 1.29 is 0 Å². The van der Waals surface area contributed by atoms with E-state index in [4.69, 9.17) is 11.6 Å². The lowest BCUT2D eigenvalue weighted by Crippen LogP contribution is -2.18. The van der Waals surface area contributed by atoms with Gasteiger partial charge in [-0.1, -0.05) is 29.8 Å². The quantitative estimate of drug-likeness (QED) is 0.759. The molecule has 0 saturated heterocycles. The van der Waals surface area contributed by atoms with Gasteiger partial charge in [0.25, 0.3) is 0 Å². The summed E-state index contributed by atoms with van der Waals surface area (Å²) in [5.74, 6) is 0. The Balaban J connectivity index is 1.75. The van der Waals surface area contributed by atoms with Crippen LogP contribution in [-0.4, -0.2) is 9.97 Å². The molecule has 2 heterocycles. The van der Waals surface area contributed by atoms with Gasteiger partial charge in [-0.3, -0.25) is 0 Å². The predicted molar refractivity (Wildman–Crippen MR) is 82.8 cm³/mol. The fourth-order valence-electron chi connectivity index (χ4n) is 2.36. The Labute approximate surface area is 123 Å². The summed E-state index contributed by atoms with van der Waals surface area (Å²) in [6.07, 6.45) is 3.80. The van der Waals surface area contributed by atoms with Gasteiger partial charge >= 0.3 is 0 Å². The first-order chi connectivity index (χ1) is 9.75. The number of rotatable bonds is 4. The van der Waals surface area contributed by atoms with Crippen molar-refractivity contribution in [2.75, 3.05) is 0 Å². The number of halogens is 1. The number of pyridine rings is 1. The summed E-state index contributed by atoms with van der Waals surface area (Å²) in [4.78, 5) is 7.48. The summed E-state index contributed by atoms with van der Waals surface area (Å²) in [5, 5.41) is 5.46. The SMILES string of the molecule is CC(NCc1c[nH]c2ncccc12)c1ccccc1Cl. The number of aromatic nitrogens is 2. The molecule has 0 fully saturated rings. The highest BCUT2D eigenvalue weighted by Crippen LogP contribution is 2.23. The molecule has 0 bridgehead atoms. The van der Waals surface area contributed by atoms with E-state index in [0.717, 1.165) is 28.2 Å². The van der Waals surface area contributed by atoms with Crippen molar-refractivity contribution in [3.8, 4) is 0 Å². The molecule has 0 aliphatic heterocycles. The van der Waals surface area contributed by atoms with Gasteiger partial charge in [-0.2, -0.15) is 0 Å². The summed E-state index contributed by atoms with van der Waals surface area (Å²) >= 11 is 6.22. The van der Waals surface area contributed by atoms with Crippen LogP contribution in [0.5, 0.6) is 0 Å². The molecular weight excluding hydrogens is 270 g/mol. The molecule has 3 nitrogen and oxygen atoms in total. The van der Waals surface area contributed by atoms with Gasteiger partial charge < -0.3 is 10.3 Å². The fourth-order valence-corrected chi connectivity index (χ4v) is 2.66. The third kappa shape index (κ3) is 2.55. The zero-order chi connectivity index (χ0) is 13.9. The number of hydrogen-bond acceptors (Lipinski definition) is 2. The van der Waals surface area contributed by atoms with E-state index in [1.807, 2.05) is 30.5 Å². The number of nitrogens with one attached hydrogen (secondary N) is 2. The molecule has 2 aromatic heterocycles. The summed E-state index contributed by atoms with van der Waals surface area (Å²) < 4.78 is 0.